The van der Waals surface area contributed by atoms with E-state index in [4.69, 9.17) is 0 Å². The Balaban J connectivity index is 1.73. The second kappa shape index (κ2) is 6.76. The van der Waals surface area contributed by atoms with Gasteiger partial charge in [0.2, 0.25) is 0 Å². The molecule has 8 heteroatoms. The van der Waals surface area contributed by atoms with E-state index in [0.717, 1.165) is 11.2 Å². The van der Waals surface area contributed by atoms with Crippen molar-refractivity contribution in [1.82, 2.24) is 14.7 Å². The van der Waals surface area contributed by atoms with E-state index in [9.17, 15) is 18.4 Å². The van der Waals surface area contributed by atoms with Gasteiger partial charge in [-0.25, -0.2) is 0 Å². The number of alkyl halides is 3. The Morgan fingerprint density at radius 3 is 2.32 bits per heavy atom. The van der Waals surface area contributed by atoms with Gasteiger partial charge in [-0.15, -0.1) is 0 Å². The standard InChI is InChI=1S/C17H18F3N5/c1-23-16(14(11-21)15(22-23)17(18,19)20)25-9-7-24(8-10-25)12-13-5-3-2-4-6-13/h2-6H,7-10,12H2,1H3. The SMILES string of the molecule is Cn1nc(C(F)(F)F)c(C#N)c1N1CCN(Cc2ccccc2)CC1. The molecule has 0 saturated carbocycles. The Morgan fingerprint density at radius 1 is 1.12 bits per heavy atom. The molecule has 132 valence electrons. The summed E-state index contributed by atoms with van der Waals surface area (Å²) in [5.41, 5.74) is -0.306. The molecule has 0 atom stereocenters. The van der Waals surface area contributed by atoms with Crippen LogP contribution in [0, 0.1) is 11.3 Å². The summed E-state index contributed by atoms with van der Waals surface area (Å²) in [5.74, 6) is 0.245. The molecule has 3 rings (SSSR count). The minimum absolute atomic E-state index is 0.245. The van der Waals surface area contributed by atoms with Crippen LogP contribution in [0.2, 0.25) is 0 Å². The highest BCUT2D eigenvalue weighted by atomic mass is 19.4. The summed E-state index contributed by atoms with van der Waals surface area (Å²) in [4.78, 5) is 4.06. The van der Waals surface area contributed by atoms with E-state index in [1.165, 1.54) is 12.6 Å². The summed E-state index contributed by atoms with van der Waals surface area (Å²) in [6.45, 7) is 3.34. The molecule has 1 aliphatic rings. The number of halogens is 3. The number of benzene rings is 1. The number of anilines is 1. The zero-order valence-electron chi connectivity index (χ0n) is 13.8. The van der Waals surface area contributed by atoms with Crippen LogP contribution in [-0.4, -0.2) is 40.9 Å². The van der Waals surface area contributed by atoms with Crippen molar-refractivity contribution in [3.8, 4) is 6.07 Å². The van der Waals surface area contributed by atoms with Gasteiger partial charge >= 0.3 is 6.18 Å². The number of nitriles is 1. The first-order valence-electron chi connectivity index (χ1n) is 7.95. The Hall–Kier alpha value is -2.53. The highest BCUT2D eigenvalue weighted by Gasteiger charge is 2.40. The number of rotatable bonds is 3. The first-order valence-corrected chi connectivity index (χ1v) is 7.95. The molecule has 0 spiro atoms. The normalized spacial score (nSPS) is 16.0. The zero-order chi connectivity index (χ0) is 18.0. The molecule has 2 heterocycles. The molecule has 0 amide bonds. The Labute approximate surface area is 143 Å². The fourth-order valence-corrected chi connectivity index (χ4v) is 3.14. The quantitative estimate of drug-likeness (QED) is 0.855. The lowest BCUT2D eigenvalue weighted by Crippen LogP contribution is -2.46. The highest BCUT2D eigenvalue weighted by Crippen LogP contribution is 2.35. The largest absolute Gasteiger partial charge is 0.436 e. The minimum atomic E-state index is -4.63. The molecule has 1 fully saturated rings. The molecule has 5 nitrogen and oxygen atoms in total. The van der Waals surface area contributed by atoms with E-state index in [-0.39, 0.29) is 5.82 Å². The van der Waals surface area contributed by atoms with E-state index in [2.05, 4.69) is 22.1 Å². The second-order valence-electron chi connectivity index (χ2n) is 6.03. The molecule has 1 saturated heterocycles. The lowest BCUT2D eigenvalue weighted by molar-refractivity contribution is -0.141. The number of hydrogen-bond donors (Lipinski definition) is 0. The van der Waals surface area contributed by atoms with Gasteiger partial charge in [0.25, 0.3) is 0 Å². The predicted octanol–water partition coefficient (Wildman–Crippen LogP) is 2.63. The molecular formula is C17H18F3N5. The predicted molar refractivity (Wildman–Crippen MR) is 86.9 cm³/mol. The second-order valence-corrected chi connectivity index (χ2v) is 6.03. The van der Waals surface area contributed by atoms with Gasteiger partial charge in [0.1, 0.15) is 17.5 Å². The van der Waals surface area contributed by atoms with Crippen LogP contribution in [-0.2, 0) is 19.8 Å². The van der Waals surface area contributed by atoms with Crippen molar-refractivity contribution in [3.63, 3.8) is 0 Å². The summed E-state index contributed by atoms with van der Waals surface area (Å²) < 4.78 is 40.3. The average Bonchev–Trinajstić information content (AvgIpc) is 2.93. The molecule has 25 heavy (non-hydrogen) atoms. The van der Waals surface area contributed by atoms with E-state index in [1.54, 1.807) is 6.07 Å². The Bertz CT molecular complexity index is 768. The van der Waals surface area contributed by atoms with E-state index in [1.807, 2.05) is 23.1 Å². The topological polar surface area (TPSA) is 48.1 Å². The summed E-state index contributed by atoms with van der Waals surface area (Å²) in [6.07, 6.45) is -4.63. The van der Waals surface area contributed by atoms with Crippen LogP contribution in [0.5, 0.6) is 0 Å². The molecule has 1 aliphatic heterocycles. The van der Waals surface area contributed by atoms with Gasteiger partial charge in [0, 0.05) is 39.8 Å². The average molecular weight is 349 g/mol. The van der Waals surface area contributed by atoms with E-state index in [0.29, 0.717) is 26.2 Å². The summed E-state index contributed by atoms with van der Waals surface area (Å²) in [7, 11) is 1.45. The number of aromatic nitrogens is 2. The Kier molecular flexibility index (Phi) is 4.68. The summed E-state index contributed by atoms with van der Waals surface area (Å²) >= 11 is 0. The van der Waals surface area contributed by atoms with Crippen LogP contribution in [0.1, 0.15) is 16.8 Å². The molecular weight excluding hydrogens is 331 g/mol. The van der Waals surface area contributed by atoms with Crippen molar-refractivity contribution in [2.24, 2.45) is 7.05 Å². The van der Waals surface area contributed by atoms with Crippen molar-refractivity contribution >= 4 is 5.82 Å². The number of aryl methyl sites for hydroxylation is 1. The summed E-state index contributed by atoms with van der Waals surface area (Å²) in [5, 5.41) is 12.7. The third-order valence-electron chi connectivity index (χ3n) is 4.32. The molecule has 2 aromatic rings. The first-order chi connectivity index (χ1) is 11.9. The molecule has 0 unspecified atom stereocenters. The van der Waals surface area contributed by atoms with Gasteiger partial charge in [-0.2, -0.15) is 23.5 Å². The van der Waals surface area contributed by atoms with Crippen LogP contribution in [0.15, 0.2) is 30.3 Å². The lowest BCUT2D eigenvalue weighted by atomic mass is 10.2. The number of nitrogens with zero attached hydrogens (tertiary/aromatic N) is 5. The van der Waals surface area contributed by atoms with E-state index >= 15 is 0 Å². The Morgan fingerprint density at radius 2 is 1.76 bits per heavy atom. The smallest absolute Gasteiger partial charge is 0.353 e. The molecule has 0 aliphatic carbocycles. The van der Waals surface area contributed by atoms with Gasteiger partial charge < -0.3 is 4.90 Å². The first kappa shape index (κ1) is 17.3. The maximum absolute atomic E-state index is 13.0. The number of hydrogen-bond acceptors (Lipinski definition) is 4. The molecule has 1 aromatic heterocycles. The minimum Gasteiger partial charge on any atom is -0.353 e. The molecule has 0 bridgehead atoms. The van der Waals surface area contributed by atoms with Crippen LogP contribution in [0.4, 0.5) is 19.0 Å². The van der Waals surface area contributed by atoms with Crippen LogP contribution in [0.3, 0.4) is 0 Å². The fourth-order valence-electron chi connectivity index (χ4n) is 3.14. The van der Waals surface area contributed by atoms with Gasteiger partial charge in [-0.3, -0.25) is 9.58 Å². The van der Waals surface area contributed by atoms with Crippen LogP contribution < -0.4 is 4.90 Å². The van der Waals surface area contributed by atoms with Crippen molar-refractivity contribution < 1.29 is 13.2 Å². The summed E-state index contributed by atoms with van der Waals surface area (Å²) in [6, 6.07) is 11.7. The van der Waals surface area contributed by atoms with Crippen molar-refractivity contribution in [1.29, 1.82) is 5.26 Å². The highest BCUT2D eigenvalue weighted by molar-refractivity contribution is 5.58. The molecule has 1 aromatic carbocycles. The molecule has 0 radical (unpaired) electrons. The van der Waals surface area contributed by atoms with Gasteiger partial charge in [-0.1, -0.05) is 30.3 Å². The van der Waals surface area contributed by atoms with Gasteiger partial charge in [0.15, 0.2) is 5.69 Å². The van der Waals surface area contributed by atoms with Crippen molar-refractivity contribution in [2.75, 3.05) is 31.1 Å². The zero-order valence-corrected chi connectivity index (χ0v) is 13.8. The monoisotopic (exact) mass is 349 g/mol. The lowest BCUT2D eigenvalue weighted by Gasteiger charge is -2.36. The third-order valence-corrected chi connectivity index (χ3v) is 4.32. The van der Waals surface area contributed by atoms with Crippen molar-refractivity contribution in [2.45, 2.75) is 12.7 Å². The van der Waals surface area contributed by atoms with Crippen LogP contribution >= 0.6 is 0 Å². The number of piperazine rings is 1. The van der Waals surface area contributed by atoms with Crippen LogP contribution in [0.25, 0.3) is 0 Å². The van der Waals surface area contributed by atoms with Gasteiger partial charge in [-0.05, 0) is 5.56 Å². The van der Waals surface area contributed by atoms with Gasteiger partial charge in [0.05, 0.1) is 0 Å². The fraction of sp³-hybridized carbons (Fsp3) is 0.412. The van der Waals surface area contributed by atoms with Crippen molar-refractivity contribution in [3.05, 3.63) is 47.2 Å². The molecule has 0 N–H and O–H groups in total. The van der Waals surface area contributed by atoms with E-state index < -0.39 is 17.4 Å². The maximum Gasteiger partial charge on any atom is 0.436 e. The third kappa shape index (κ3) is 3.61. The maximum atomic E-state index is 13.0.